The molecule has 30 heavy (non-hydrogen) atoms. The maximum absolute atomic E-state index is 13.0. The van der Waals surface area contributed by atoms with Gasteiger partial charge in [0.2, 0.25) is 0 Å². The lowest BCUT2D eigenvalue weighted by atomic mass is 9.92. The highest BCUT2D eigenvalue weighted by Crippen LogP contribution is 2.29. The third-order valence-corrected chi connectivity index (χ3v) is 4.86. The number of benzene rings is 3. The number of carbonyl (C=O) groups excluding carboxylic acids is 3. The molecule has 0 saturated carbocycles. The fraction of sp³-hybridized carbons (Fsp3) is 0.0870. The molecule has 7 heteroatoms. The number of rotatable bonds is 5. The van der Waals surface area contributed by atoms with Crippen LogP contribution in [-0.4, -0.2) is 22.9 Å². The van der Waals surface area contributed by atoms with E-state index in [9.17, 15) is 14.4 Å². The number of ether oxygens (including phenoxy) is 1. The number of nitrogens with zero attached hydrogens (tertiary/aromatic N) is 1. The number of nitrogens with one attached hydrogen (secondary N) is 2. The minimum absolute atomic E-state index is 0.190. The fourth-order valence-corrected chi connectivity index (χ4v) is 3.23. The standard InChI is InChI=1S/C23H19N3O4/c1-23(16-10-4-2-5-11-16)21(28)26(22(29)24-23)25-20(27)18-14-8-9-15-19(18)30-17-12-6-3-7-13-17/h2-15H,1H3,(H,24,29)(H,25,27)/t23-/m0/s1. The van der Waals surface area contributed by atoms with Crippen LogP contribution in [0, 0.1) is 0 Å². The van der Waals surface area contributed by atoms with Crippen molar-refractivity contribution in [1.82, 2.24) is 15.8 Å². The van der Waals surface area contributed by atoms with Gasteiger partial charge in [-0.25, -0.2) is 4.79 Å². The summed E-state index contributed by atoms with van der Waals surface area (Å²) < 4.78 is 5.79. The summed E-state index contributed by atoms with van der Waals surface area (Å²) in [6.07, 6.45) is 0. The first kappa shape index (κ1) is 19.2. The highest BCUT2D eigenvalue weighted by atomic mass is 16.5. The summed E-state index contributed by atoms with van der Waals surface area (Å²) >= 11 is 0. The highest BCUT2D eigenvalue weighted by Gasteiger charge is 2.50. The number of carbonyl (C=O) groups is 3. The van der Waals surface area contributed by atoms with Crippen LogP contribution >= 0.6 is 0 Å². The van der Waals surface area contributed by atoms with Gasteiger partial charge in [0.05, 0.1) is 5.56 Å². The first-order chi connectivity index (χ1) is 14.5. The van der Waals surface area contributed by atoms with Gasteiger partial charge in [0.15, 0.2) is 0 Å². The van der Waals surface area contributed by atoms with Crippen molar-refractivity contribution in [3.8, 4) is 11.5 Å². The molecule has 4 rings (SSSR count). The van der Waals surface area contributed by atoms with E-state index in [1.165, 1.54) is 0 Å². The molecule has 4 amide bonds. The van der Waals surface area contributed by atoms with Crippen molar-refractivity contribution in [3.63, 3.8) is 0 Å². The van der Waals surface area contributed by atoms with Crippen LogP contribution in [0.5, 0.6) is 11.5 Å². The molecular weight excluding hydrogens is 382 g/mol. The average Bonchev–Trinajstić information content (AvgIpc) is 2.99. The molecule has 0 radical (unpaired) electrons. The quantitative estimate of drug-likeness (QED) is 0.640. The van der Waals surface area contributed by atoms with Gasteiger partial charge in [-0.1, -0.05) is 60.7 Å². The van der Waals surface area contributed by atoms with Crippen molar-refractivity contribution in [3.05, 3.63) is 96.1 Å². The van der Waals surface area contributed by atoms with E-state index in [-0.39, 0.29) is 5.56 Å². The molecule has 1 fully saturated rings. The molecular formula is C23H19N3O4. The van der Waals surface area contributed by atoms with E-state index < -0.39 is 23.4 Å². The van der Waals surface area contributed by atoms with Crippen LogP contribution < -0.4 is 15.5 Å². The number of para-hydroxylation sites is 2. The SMILES string of the molecule is C[C@@]1(c2ccccc2)NC(=O)N(NC(=O)c2ccccc2Oc2ccccc2)C1=O. The Labute approximate surface area is 173 Å². The van der Waals surface area contributed by atoms with Gasteiger partial charge in [-0.3, -0.25) is 15.0 Å². The lowest BCUT2D eigenvalue weighted by Gasteiger charge is -2.22. The highest BCUT2D eigenvalue weighted by molar-refractivity contribution is 6.09. The topological polar surface area (TPSA) is 87.7 Å². The fourth-order valence-electron chi connectivity index (χ4n) is 3.23. The second-order valence-corrected chi connectivity index (χ2v) is 6.91. The van der Waals surface area contributed by atoms with Gasteiger partial charge in [-0.05, 0) is 36.8 Å². The molecule has 0 aromatic heterocycles. The Balaban J connectivity index is 1.56. The molecule has 1 atom stereocenters. The number of amides is 4. The number of urea groups is 1. The Morgan fingerprint density at radius 2 is 1.50 bits per heavy atom. The summed E-state index contributed by atoms with van der Waals surface area (Å²) in [7, 11) is 0. The van der Waals surface area contributed by atoms with Crippen molar-refractivity contribution < 1.29 is 19.1 Å². The van der Waals surface area contributed by atoms with Crippen molar-refractivity contribution in [1.29, 1.82) is 0 Å². The molecule has 0 aliphatic carbocycles. The maximum Gasteiger partial charge on any atom is 0.344 e. The molecule has 0 spiro atoms. The largest absolute Gasteiger partial charge is 0.457 e. The van der Waals surface area contributed by atoms with Crippen LogP contribution in [-0.2, 0) is 10.3 Å². The summed E-state index contributed by atoms with van der Waals surface area (Å²) in [6, 6.07) is 23.8. The van der Waals surface area contributed by atoms with Gasteiger partial charge in [-0.2, -0.15) is 5.01 Å². The molecule has 1 saturated heterocycles. The van der Waals surface area contributed by atoms with Crippen molar-refractivity contribution >= 4 is 17.8 Å². The molecule has 3 aromatic carbocycles. The summed E-state index contributed by atoms with van der Waals surface area (Å²) in [5, 5.41) is 3.35. The first-order valence-corrected chi connectivity index (χ1v) is 9.34. The van der Waals surface area contributed by atoms with Crippen LogP contribution in [0.4, 0.5) is 4.79 Å². The molecule has 1 heterocycles. The molecule has 2 N–H and O–H groups in total. The van der Waals surface area contributed by atoms with Gasteiger partial charge < -0.3 is 10.1 Å². The summed E-state index contributed by atoms with van der Waals surface area (Å²) in [5.41, 5.74) is 1.93. The smallest absolute Gasteiger partial charge is 0.344 e. The van der Waals surface area contributed by atoms with Gasteiger partial charge in [0.1, 0.15) is 17.0 Å². The van der Waals surface area contributed by atoms with Gasteiger partial charge in [0, 0.05) is 0 Å². The van der Waals surface area contributed by atoms with E-state index in [0.717, 1.165) is 0 Å². The Kier molecular flexibility index (Phi) is 4.93. The number of hydrogen-bond donors (Lipinski definition) is 2. The summed E-state index contributed by atoms with van der Waals surface area (Å²) in [5.74, 6) is -0.348. The van der Waals surface area contributed by atoms with Gasteiger partial charge >= 0.3 is 6.03 Å². The molecule has 7 nitrogen and oxygen atoms in total. The molecule has 150 valence electrons. The predicted molar refractivity (Wildman–Crippen MR) is 110 cm³/mol. The predicted octanol–water partition coefficient (Wildman–Crippen LogP) is 3.59. The van der Waals surface area contributed by atoms with E-state index in [1.807, 2.05) is 24.3 Å². The van der Waals surface area contributed by atoms with Crippen molar-refractivity contribution in [2.24, 2.45) is 0 Å². The van der Waals surface area contributed by atoms with Crippen LogP contribution in [0.15, 0.2) is 84.9 Å². The average molecular weight is 401 g/mol. The van der Waals surface area contributed by atoms with Crippen LogP contribution in [0.1, 0.15) is 22.8 Å². The van der Waals surface area contributed by atoms with Crippen LogP contribution in [0.2, 0.25) is 0 Å². The zero-order chi connectivity index (χ0) is 21.1. The second-order valence-electron chi connectivity index (χ2n) is 6.91. The van der Waals surface area contributed by atoms with E-state index >= 15 is 0 Å². The number of hydrogen-bond acceptors (Lipinski definition) is 4. The lowest BCUT2D eigenvalue weighted by Crippen LogP contribution is -2.48. The number of hydrazine groups is 1. The van der Waals surface area contributed by atoms with E-state index in [2.05, 4.69) is 10.7 Å². The van der Waals surface area contributed by atoms with E-state index in [0.29, 0.717) is 22.1 Å². The monoisotopic (exact) mass is 401 g/mol. The lowest BCUT2D eigenvalue weighted by molar-refractivity contribution is -0.132. The summed E-state index contributed by atoms with van der Waals surface area (Å²) in [6.45, 7) is 1.60. The molecule has 0 unspecified atom stereocenters. The van der Waals surface area contributed by atoms with Crippen LogP contribution in [0.3, 0.4) is 0 Å². The van der Waals surface area contributed by atoms with E-state index in [1.54, 1.807) is 67.6 Å². The molecule has 0 bridgehead atoms. The third-order valence-electron chi connectivity index (χ3n) is 4.86. The third kappa shape index (κ3) is 3.48. The zero-order valence-electron chi connectivity index (χ0n) is 16.2. The maximum atomic E-state index is 13.0. The van der Waals surface area contributed by atoms with E-state index in [4.69, 9.17) is 4.74 Å². The van der Waals surface area contributed by atoms with Crippen molar-refractivity contribution in [2.45, 2.75) is 12.5 Å². The Morgan fingerprint density at radius 3 is 2.20 bits per heavy atom. The Hall–Kier alpha value is -4.13. The second kappa shape index (κ2) is 7.71. The van der Waals surface area contributed by atoms with Crippen LogP contribution in [0.25, 0.3) is 0 Å². The van der Waals surface area contributed by atoms with Crippen molar-refractivity contribution in [2.75, 3.05) is 0 Å². The Morgan fingerprint density at radius 1 is 0.900 bits per heavy atom. The summed E-state index contributed by atoms with van der Waals surface area (Å²) in [4.78, 5) is 38.3. The zero-order valence-corrected chi connectivity index (χ0v) is 16.2. The molecule has 1 aliphatic rings. The Bertz CT molecular complexity index is 1100. The molecule has 3 aromatic rings. The van der Waals surface area contributed by atoms with Gasteiger partial charge in [0.25, 0.3) is 11.8 Å². The number of imide groups is 1. The molecule has 1 aliphatic heterocycles. The first-order valence-electron chi connectivity index (χ1n) is 9.34. The van der Waals surface area contributed by atoms with Gasteiger partial charge in [-0.15, -0.1) is 0 Å². The normalized spacial score (nSPS) is 18.1. The minimum Gasteiger partial charge on any atom is -0.457 e. The minimum atomic E-state index is -1.27.